The maximum absolute atomic E-state index is 13.4. The molecule has 2 heterocycles. The van der Waals surface area contributed by atoms with Crippen molar-refractivity contribution in [2.24, 2.45) is 0 Å². The normalized spacial score (nSPS) is 17.6. The first-order valence-corrected chi connectivity index (χ1v) is 6.40. The third-order valence-electron chi connectivity index (χ3n) is 3.38. The molecule has 1 aromatic heterocycles. The van der Waals surface area contributed by atoms with Gasteiger partial charge >= 0.3 is 0 Å². The molecule has 1 saturated heterocycles. The summed E-state index contributed by atoms with van der Waals surface area (Å²) in [4.78, 5) is 5.39. The molecule has 0 amide bonds. The lowest BCUT2D eigenvalue weighted by Crippen LogP contribution is -2.49. The van der Waals surface area contributed by atoms with E-state index in [1.807, 2.05) is 4.68 Å². The second kappa shape index (κ2) is 4.37. The van der Waals surface area contributed by atoms with Gasteiger partial charge in [0.25, 0.3) is 0 Å². The Morgan fingerprint density at radius 2 is 1.94 bits per heavy atom. The van der Waals surface area contributed by atoms with Crippen LogP contribution in [-0.4, -0.2) is 47.8 Å². The molecule has 0 atom stereocenters. The van der Waals surface area contributed by atoms with Gasteiger partial charge in [-0.2, -0.15) is 0 Å². The van der Waals surface area contributed by atoms with E-state index >= 15 is 0 Å². The fourth-order valence-corrected chi connectivity index (χ4v) is 2.66. The summed E-state index contributed by atoms with van der Waals surface area (Å²) in [5.74, 6) is -0.237. The van der Waals surface area contributed by atoms with Crippen LogP contribution in [0.2, 0.25) is 0 Å². The van der Waals surface area contributed by atoms with Crippen molar-refractivity contribution in [1.82, 2.24) is 14.6 Å². The van der Waals surface area contributed by atoms with Crippen molar-refractivity contribution in [1.29, 1.82) is 0 Å². The average Bonchev–Trinajstić information content (AvgIpc) is 2.66. The van der Waals surface area contributed by atoms with Crippen molar-refractivity contribution in [3.05, 3.63) is 28.8 Å². The van der Waals surface area contributed by atoms with Crippen LogP contribution in [0, 0.1) is 10.6 Å². The molecule has 6 heteroatoms. The Morgan fingerprint density at radius 1 is 1.22 bits per heavy atom. The SMILES string of the molecule is CN1CCN(n2c(=S)[nH]c3ccc(F)cc32)CC1. The fourth-order valence-electron chi connectivity index (χ4n) is 2.34. The van der Waals surface area contributed by atoms with Crippen molar-refractivity contribution in [3.8, 4) is 0 Å². The minimum atomic E-state index is -0.237. The molecule has 1 N–H and O–H groups in total. The maximum atomic E-state index is 13.4. The van der Waals surface area contributed by atoms with Crippen LogP contribution in [-0.2, 0) is 0 Å². The van der Waals surface area contributed by atoms with Crippen molar-refractivity contribution in [3.63, 3.8) is 0 Å². The fraction of sp³-hybridized carbons (Fsp3) is 0.417. The number of H-pyrrole nitrogens is 1. The number of imidazole rings is 1. The van der Waals surface area contributed by atoms with E-state index in [4.69, 9.17) is 12.2 Å². The summed E-state index contributed by atoms with van der Waals surface area (Å²) in [6.07, 6.45) is 0. The molecular weight excluding hydrogens is 251 g/mol. The highest BCUT2D eigenvalue weighted by molar-refractivity contribution is 7.71. The second-order valence-corrected chi connectivity index (χ2v) is 5.05. The first-order valence-electron chi connectivity index (χ1n) is 5.99. The molecule has 1 aromatic carbocycles. The summed E-state index contributed by atoms with van der Waals surface area (Å²) >= 11 is 5.34. The van der Waals surface area contributed by atoms with E-state index in [0.29, 0.717) is 4.77 Å². The van der Waals surface area contributed by atoms with Crippen LogP contribution in [0.4, 0.5) is 4.39 Å². The summed E-state index contributed by atoms with van der Waals surface area (Å²) in [6, 6.07) is 4.70. The van der Waals surface area contributed by atoms with Gasteiger partial charge in [-0.05, 0) is 31.4 Å². The van der Waals surface area contributed by atoms with Crippen molar-refractivity contribution < 1.29 is 4.39 Å². The quantitative estimate of drug-likeness (QED) is 0.796. The molecule has 18 heavy (non-hydrogen) atoms. The van der Waals surface area contributed by atoms with Crippen LogP contribution < -0.4 is 5.01 Å². The smallest absolute Gasteiger partial charge is 0.197 e. The van der Waals surface area contributed by atoms with Gasteiger partial charge in [-0.25, -0.2) is 9.07 Å². The van der Waals surface area contributed by atoms with Crippen LogP contribution in [0.15, 0.2) is 18.2 Å². The third kappa shape index (κ3) is 1.91. The zero-order valence-corrected chi connectivity index (χ0v) is 11.0. The number of piperazine rings is 1. The van der Waals surface area contributed by atoms with Gasteiger partial charge in [-0.3, -0.25) is 0 Å². The third-order valence-corrected chi connectivity index (χ3v) is 3.66. The van der Waals surface area contributed by atoms with Crippen LogP contribution in [0.5, 0.6) is 0 Å². The first-order chi connectivity index (χ1) is 8.65. The molecule has 0 unspecified atom stereocenters. The number of fused-ring (bicyclic) bond motifs is 1. The van der Waals surface area contributed by atoms with Crippen LogP contribution in [0.3, 0.4) is 0 Å². The van der Waals surface area contributed by atoms with E-state index in [2.05, 4.69) is 21.9 Å². The van der Waals surface area contributed by atoms with Gasteiger partial charge in [-0.1, -0.05) is 0 Å². The molecule has 0 aliphatic carbocycles. The number of hydrogen-bond donors (Lipinski definition) is 1. The minimum Gasteiger partial charge on any atom is -0.329 e. The number of hydrogen-bond acceptors (Lipinski definition) is 3. The molecule has 0 bridgehead atoms. The summed E-state index contributed by atoms with van der Waals surface area (Å²) in [5.41, 5.74) is 1.69. The molecule has 4 nitrogen and oxygen atoms in total. The van der Waals surface area contributed by atoms with Crippen molar-refractivity contribution in [2.45, 2.75) is 0 Å². The zero-order chi connectivity index (χ0) is 12.7. The van der Waals surface area contributed by atoms with E-state index in [1.165, 1.54) is 12.1 Å². The van der Waals surface area contributed by atoms with E-state index < -0.39 is 0 Å². The van der Waals surface area contributed by atoms with Gasteiger partial charge in [0, 0.05) is 32.2 Å². The maximum Gasteiger partial charge on any atom is 0.197 e. The highest BCUT2D eigenvalue weighted by Gasteiger charge is 2.17. The molecule has 1 aliphatic heterocycles. The lowest BCUT2D eigenvalue weighted by atomic mass is 10.3. The molecule has 1 aliphatic rings. The average molecular weight is 266 g/mol. The van der Waals surface area contributed by atoms with Crippen LogP contribution in [0.25, 0.3) is 11.0 Å². The van der Waals surface area contributed by atoms with E-state index in [0.717, 1.165) is 37.2 Å². The summed E-state index contributed by atoms with van der Waals surface area (Å²) < 4.78 is 15.9. The Balaban J connectivity index is 2.08. The monoisotopic (exact) mass is 266 g/mol. The Hall–Kier alpha value is -1.40. The Bertz CT molecular complexity index is 625. The number of rotatable bonds is 1. The van der Waals surface area contributed by atoms with Gasteiger partial charge in [0.1, 0.15) is 5.82 Å². The predicted molar refractivity (Wildman–Crippen MR) is 72.5 cm³/mol. The van der Waals surface area contributed by atoms with Gasteiger partial charge in [0.05, 0.1) is 11.0 Å². The molecule has 0 radical (unpaired) electrons. The number of aromatic nitrogens is 2. The van der Waals surface area contributed by atoms with Gasteiger partial charge < -0.3 is 14.9 Å². The van der Waals surface area contributed by atoms with Crippen molar-refractivity contribution >= 4 is 23.3 Å². The Kier molecular flexibility index (Phi) is 2.83. The summed E-state index contributed by atoms with van der Waals surface area (Å²) in [5, 5.41) is 2.17. The van der Waals surface area contributed by atoms with Crippen LogP contribution >= 0.6 is 12.2 Å². The van der Waals surface area contributed by atoms with E-state index in [1.54, 1.807) is 6.07 Å². The van der Waals surface area contributed by atoms with Crippen LogP contribution in [0.1, 0.15) is 0 Å². The molecule has 3 rings (SSSR count). The van der Waals surface area contributed by atoms with Gasteiger partial charge in [-0.15, -0.1) is 0 Å². The minimum absolute atomic E-state index is 0.237. The number of likely N-dealkylation sites (N-methyl/N-ethyl adjacent to an activating group) is 1. The molecule has 0 spiro atoms. The molecule has 2 aromatic rings. The summed E-state index contributed by atoms with van der Waals surface area (Å²) in [6.45, 7) is 3.77. The standard InChI is InChI=1S/C12H15FN4S/c1-15-4-6-16(7-5-15)17-11-8-9(13)2-3-10(11)14-12(17)18/h2-3,8H,4-7H2,1H3,(H,14,18). The Labute approximate surface area is 110 Å². The lowest BCUT2D eigenvalue weighted by Gasteiger charge is -2.34. The summed E-state index contributed by atoms with van der Waals surface area (Å²) in [7, 11) is 2.10. The van der Waals surface area contributed by atoms with E-state index in [-0.39, 0.29) is 5.82 Å². The number of halogens is 1. The lowest BCUT2D eigenvalue weighted by molar-refractivity contribution is 0.288. The molecule has 1 fully saturated rings. The van der Waals surface area contributed by atoms with Gasteiger partial charge in [0.2, 0.25) is 0 Å². The molecule has 96 valence electrons. The number of nitrogens with one attached hydrogen (secondary N) is 1. The second-order valence-electron chi connectivity index (χ2n) is 4.66. The largest absolute Gasteiger partial charge is 0.329 e. The predicted octanol–water partition coefficient (Wildman–Crippen LogP) is 1.72. The molecular formula is C12H15FN4S. The van der Waals surface area contributed by atoms with E-state index in [9.17, 15) is 4.39 Å². The highest BCUT2D eigenvalue weighted by Crippen LogP contribution is 2.16. The number of nitrogens with zero attached hydrogens (tertiary/aromatic N) is 3. The number of aromatic amines is 1. The van der Waals surface area contributed by atoms with Gasteiger partial charge in [0.15, 0.2) is 4.77 Å². The highest BCUT2D eigenvalue weighted by atomic mass is 32.1. The number of benzene rings is 1. The molecule has 0 saturated carbocycles. The first kappa shape index (κ1) is 11.7. The zero-order valence-electron chi connectivity index (χ0n) is 10.2. The Morgan fingerprint density at radius 3 is 2.67 bits per heavy atom. The topological polar surface area (TPSA) is 27.2 Å². The van der Waals surface area contributed by atoms with Crippen molar-refractivity contribution in [2.75, 3.05) is 38.2 Å².